The number of nitrogens with zero attached hydrogens (tertiary/aromatic N) is 3. The number of hydrogen-bond donors (Lipinski definition) is 1. The van der Waals surface area contributed by atoms with Crippen LogP contribution in [0.4, 0.5) is 5.69 Å². The predicted molar refractivity (Wildman–Crippen MR) is 123 cm³/mol. The first kappa shape index (κ1) is 20.2. The number of rotatable bonds is 3. The Kier molecular flexibility index (Phi) is 5.36. The standard InChI is InChI=1S/C22H17BrN4O2S/c1-13-10-15(14(2)26(13)19-8-3-4-9-24-19)11-18-20(28)25-22(30)27(21(18)29)17-7-5-6-16(23)12-17/h3-12H,1-2H3,(H,25,28,30)/b18-11+. The molecule has 1 saturated heterocycles. The van der Waals surface area contributed by atoms with Gasteiger partial charge in [0.1, 0.15) is 11.4 Å². The Labute approximate surface area is 187 Å². The molecule has 1 aliphatic rings. The second kappa shape index (κ2) is 7.97. The first-order valence-corrected chi connectivity index (χ1v) is 10.3. The van der Waals surface area contributed by atoms with E-state index >= 15 is 0 Å². The molecule has 0 saturated carbocycles. The molecule has 150 valence electrons. The first-order valence-electron chi connectivity index (χ1n) is 9.14. The molecule has 1 aromatic carbocycles. The minimum atomic E-state index is -0.515. The van der Waals surface area contributed by atoms with Gasteiger partial charge >= 0.3 is 0 Å². The molecule has 0 aliphatic carbocycles. The molecule has 1 aliphatic heterocycles. The molecule has 2 amide bonds. The molecule has 0 unspecified atom stereocenters. The number of amides is 2. The summed E-state index contributed by atoms with van der Waals surface area (Å²) in [5.41, 5.74) is 3.18. The lowest BCUT2D eigenvalue weighted by Crippen LogP contribution is -2.54. The molecule has 0 bridgehead atoms. The van der Waals surface area contributed by atoms with Crippen LogP contribution in [0.1, 0.15) is 17.0 Å². The number of nitrogens with one attached hydrogen (secondary N) is 1. The summed E-state index contributed by atoms with van der Waals surface area (Å²) < 4.78 is 2.78. The summed E-state index contributed by atoms with van der Waals surface area (Å²) in [7, 11) is 0. The van der Waals surface area contributed by atoms with Crippen molar-refractivity contribution in [3.63, 3.8) is 0 Å². The molecule has 30 heavy (non-hydrogen) atoms. The van der Waals surface area contributed by atoms with E-state index in [9.17, 15) is 9.59 Å². The van der Waals surface area contributed by atoms with Crippen molar-refractivity contribution in [1.82, 2.24) is 14.9 Å². The second-order valence-corrected chi connectivity index (χ2v) is 8.09. The number of halogens is 1. The van der Waals surface area contributed by atoms with Crippen LogP contribution in [-0.4, -0.2) is 26.5 Å². The van der Waals surface area contributed by atoms with E-state index in [1.54, 1.807) is 30.5 Å². The number of hydrogen-bond acceptors (Lipinski definition) is 4. The summed E-state index contributed by atoms with van der Waals surface area (Å²) in [4.78, 5) is 31.5. The molecule has 1 fully saturated rings. The van der Waals surface area contributed by atoms with Crippen LogP contribution in [0.5, 0.6) is 0 Å². The lowest BCUT2D eigenvalue weighted by Gasteiger charge is -2.29. The summed E-state index contributed by atoms with van der Waals surface area (Å²) in [6, 6.07) is 14.8. The lowest BCUT2D eigenvalue weighted by atomic mass is 10.1. The number of carbonyl (C=O) groups is 2. The second-order valence-electron chi connectivity index (χ2n) is 6.79. The van der Waals surface area contributed by atoms with Crippen molar-refractivity contribution >= 4 is 56.8 Å². The Morgan fingerprint density at radius 1 is 1.10 bits per heavy atom. The number of thiocarbonyl (C=S) groups is 1. The number of aryl methyl sites for hydroxylation is 1. The molecular weight excluding hydrogens is 464 g/mol. The van der Waals surface area contributed by atoms with Gasteiger partial charge in [0.2, 0.25) is 0 Å². The molecule has 6 nitrogen and oxygen atoms in total. The summed E-state index contributed by atoms with van der Waals surface area (Å²) in [6.45, 7) is 3.88. The van der Waals surface area contributed by atoms with E-state index in [4.69, 9.17) is 12.2 Å². The third kappa shape index (κ3) is 3.59. The average Bonchev–Trinajstić information content (AvgIpc) is 2.99. The highest BCUT2D eigenvalue weighted by Gasteiger charge is 2.34. The number of benzene rings is 1. The van der Waals surface area contributed by atoms with E-state index in [0.717, 1.165) is 27.2 Å². The van der Waals surface area contributed by atoms with Gasteiger partial charge in [0, 0.05) is 22.1 Å². The van der Waals surface area contributed by atoms with Crippen LogP contribution in [-0.2, 0) is 9.59 Å². The minimum absolute atomic E-state index is 0.0184. The van der Waals surface area contributed by atoms with Crippen LogP contribution in [0.3, 0.4) is 0 Å². The SMILES string of the molecule is Cc1cc(/C=C2\C(=O)NC(=S)N(c3cccc(Br)c3)C2=O)c(C)n1-c1ccccn1. The van der Waals surface area contributed by atoms with Gasteiger partial charge in [-0.3, -0.25) is 19.8 Å². The first-order chi connectivity index (χ1) is 14.4. The van der Waals surface area contributed by atoms with Crippen LogP contribution in [0.25, 0.3) is 11.9 Å². The zero-order valence-electron chi connectivity index (χ0n) is 16.2. The van der Waals surface area contributed by atoms with Gasteiger partial charge in [0.25, 0.3) is 11.8 Å². The highest BCUT2D eigenvalue weighted by molar-refractivity contribution is 9.10. The van der Waals surface area contributed by atoms with Gasteiger partial charge in [0.05, 0.1) is 5.69 Å². The molecule has 3 aromatic rings. The Hall–Kier alpha value is -3.10. The minimum Gasteiger partial charge on any atom is -0.303 e. The molecule has 0 atom stereocenters. The van der Waals surface area contributed by atoms with Crippen molar-refractivity contribution in [2.45, 2.75) is 13.8 Å². The van der Waals surface area contributed by atoms with E-state index in [2.05, 4.69) is 26.2 Å². The smallest absolute Gasteiger partial charge is 0.270 e. The molecule has 0 spiro atoms. The lowest BCUT2D eigenvalue weighted by molar-refractivity contribution is -0.122. The van der Waals surface area contributed by atoms with Crippen molar-refractivity contribution in [3.05, 3.63) is 81.7 Å². The van der Waals surface area contributed by atoms with Crippen molar-refractivity contribution in [2.75, 3.05) is 4.90 Å². The van der Waals surface area contributed by atoms with E-state index in [0.29, 0.717) is 5.69 Å². The summed E-state index contributed by atoms with van der Waals surface area (Å²) in [5.74, 6) is -0.211. The number of pyridine rings is 1. The van der Waals surface area contributed by atoms with Crippen LogP contribution in [0, 0.1) is 13.8 Å². The van der Waals surface area contributed by atoms with E-state index < -0.39 is 11.8 Å². The van der Waals surface area contributed by atoms with Crippen molar-refractivity contribution in [1.29, 1.82) is 0 Å². The van der Waals surface area contributed by atoms with Gasteiger partial charge in [-0.2, -0.15) is 0 Å². The Morgan fingerprint density at radius 3 is 2.60 bits per heavy atom. The Bertz CT molecular complexity index is 1220. The van der Waals surface area contributed by atoms with Gasteiger partial charge in [-0.25, -0.2) is 4.98 Å². The van der Waals surface area contributed by atoms with Crippen molar-refractivity contribution in [3.8, 4) is 5.82 Å². The monoisotopic (exact) mass is 480 g/mol. The van der Waals surface area contributed by atoms with Gasteiger partial charge in [-0.15, -0.1) is 0 Å². The summed E-state index contributed by atoms with van der Waals surface area (Å²) in [5, 5.41) is 2.67. The third-order valence-electron chi connectivity index (χ3n) is 4.82. The number of aromatic nitrogens is 2. The molecule has 1 N–H and O–H groups in total. The van der Waals surface area contributed by atoms with E-state index in [-0.39, 0.29) is 10.7 Å². The summed E-state index contributed by atoms with van der Waals surface area (Å²) >= 11 is 8.66. The molecule has 0 radical (unpaired) electrons. The normalized spacial score (nSPS) is 15.6. The molecule has 2 aromatic heterocycles. The van der Waals surface area contributed by atoms with Gasteiger partial charge in [-0.05, 0) is 74.1 Å². The highest BCUT2D eigenvalue weighted by atomic mass is 79.9. The molecule has 3 heterocycles. The maximum Gasteiger partial charge on any atom is 0.270 e. The van der Waals surface area contributed by atoms with Gasteiger partial charge < -0.3 is 4.57 Å². The van der Waals surface area contributed by atoms with Crippen molar-refractivity contribution < 1.29 is 9.59 Å². The zero-order valence-corrected chi connectivity index (χ0v) is 18.6. The van der Waals surface area contributed by atoms with Crippen molar-refractivity contribution in [2.24, 2.45) is 0 Å². The fourth-order valence-electron chi connectivity index (χ4n) is 3.43. The molecule has 4 rings (SSSR count). The van der Waals surface area contributed by atoms with E-state index in [1.807, 2.05) is 48.7 Å². The van der Waals surface area contributed by atoms with Gasteiger partial charge in [0.15, 0.2) is 5.11 Å². The average molecular weight is 481 g/mol. The fourth-order valence-corrected chi connectivity index (χ4v) is 4.10. The van der Waals surface area contributed by atoms with Crippen LogP contribution in [0.15, 0.2) is 64.8 Å². The fraction of sp³-hybridized carbons (Fsp3) is 0.0909. The quantitative estimate of drug-likeness (QED) is 0.348. The summed E-state index contributed by atoms with van der Waals surface area (Å²) in [6.07, 6.45) is 3.33. The van der Waals surface area contributed by atoms with E-state index in [1.165, 1.54) is 4.90 Å². The zero-order chi connectivity index (χ0) is 21.4. The third-order valence-corrected chi connectivity index (χ3v) is 5.59. The maximum atomic E-state index is 13.2. The van der Waals surface area contributed by atoms with Crippen LogP contribution >= 0.6 is 28.1 Å². The molecule has 8 heteroatoms. The topological polar surface area (TPSA) is 67.2 Å². The predicted octanol–water partition coefficient (Wildman–Crippen LogP) is 4.08. The Balaban J connectivity index is 1.77. The van der Waals surface area contributed by atoms with Gasteiger partial charge in [-0.1, -0.05) is 28.1 Å². The number of carbonyl (C=O) groups excluding carboxylic acids is 2. The molecular formula is C22H17BrN4O2S. The van der Waals surface area contributed by atoms with Crippen LogP contribution < -0.4 is 10.2 Å². The van der Waals surface area contributed by atoms with Crippen LogP contribution in [0.2, 0.25) is 0 Å². The Morgan fingerprint density at radius 2 is 1.90 bits per heavy atom. The maximum absolute atomic E-state index is 13.2. The highest BCUT2D eigenvalue weighted by Crippen LogP contribution is 2.27. The number of anilines is 1. The largest absolute Gasteiger partial charge is 0.303 e.